The maximum absolute atomic E-state index is 11.1. The summed E-state index contributed by atoms with van der Waals surface area (Å²) >= 11 is 0. The van der Waals surface area contributed by atoms with Crippen molar-refractivity contribution >= 4 is 11.9 Å². The van der Waals surface area contributed by atoms with E-state index < -0.39 is 0 Å². The Morgan fingerprint density at radius 2 is 2.38 bits per heavy atom. The molecule has 6 nitrogen and oxygen atoms in total. The first-order valence-electron chi connectivity index (χ1n) is 3.91. The van der Waals surface area contributed by atoms with Gasteiger partial charge < -0.3 is 0 Å². The second-order valence-electron chi connectivity index (χ2n) is 2.83. The number of anilines is 1. The Bertz CT molecular complexity index is 290. The van der Waals surface area contributed by atoms with Crippen molar-refractivity contribution in [3.8, 4) is 0 Å². The van der Waals surface area contributed by atoms with E-state index in [2.05, 4.69) is 25.9 Å². The van der Waals surface area contributed by atoms with Crippen LogP contribution < -0.4 is 5.32 Å². The van der Waals surface area contributed by atoms with E-state index in [1.165, 1.54) is 6.08 Å². The molecule has 2 N–H and O–H groups in total. The predicted octanol–water partition coefficient (Wildman–Crippen LogP) is 0.350. The molecule has 0 fully saturated rings. The molecule has 0 aromatic carbocycles. The number of H-pyrrole nitrogens is 1. The molecule has 0 atom stereocenters. The van der Waals surface area contributed by atoms with E-state index in [1.807, 2.05) is 13.8 Å². The third-order valence-electron chi connectivity index (χ3n) is 1.21. The zero-order chi connectivity index (χ0) is 9.68. The number of carbonyl (C=O) groups is 1. The molecule has 0 saturated carbocycles. The van der Waals surface area contributed by atoms with Crippen molar-refractivity contribution in [2.45, 2.75) is 13.8 Å². The fraction of sp³-hybridized carbons (Fsp3) is 0.429. The molecule has 1 aromatic rings. The van der Waals surface area contributed by atoms with Gasteiger partial charge in [0.1, 0.15) is 0 Å². The first-order chi connectivity index (χ1) is 6.18. The van der Waals surface area contributed by atoms with Crippen molar-refractivity contribution in [1.82, 2.24) is 20.6 Å². The van der Waals surface area contributed by atoms with Gasteiger partial charge in [0, 0.05) is 0 Å². The number of aromatic amines is 1. The van der Waals surface area contributed by atoms with Gasteiger partial charge in [-0.2, -0.15) is 5.21 Å². The molecule has 0 aliphatic heterocycles. The number of aromatic nitrogens is 4. The van der Waals surface area contributed by atoms with E-state index in [0.29, 0.717) is 5.92 Å². The first-order valence-corrected chi connectivity index (χ1v) is 3.91. The van der Waals surface area contributed by atoms with E-state index in [0.717, 1.165) is 0 Å². The average molecular weight is 181 g/mol. The highest BCUT2D eigenvalue weighted by atomic mass is 16.1. The summed E-state index contributed by atoms with van der Waals surface area (Å²) in [7, 11) is 0. The van der Waals surface area contributed by atoms with Crippen LogP contribution in [0.15, 0.2) is 12.2 Å². The van der Waals surface area contributed by atoms with Crippen molar-refractivity contribution in [3.05, 3.63) is 12.2 Å². The lowest BCUT2D eigenvalue weighted by Gasteiger charge is -1.94. The van der Waals surface area contributed by atoms with Gasteiger partial charge in [-0.05, 0) is 17.2 Å². The summed E-state index contributed by atoms with van der Waals surface area (Å²) in [4.78, 5) is 11.1. The summed E-state index contributed by atoms with van der Waals surface area (Å²) in [5.41, 5.74) is 0. The number of carbonyl (C=O) groups excluding carboxylic acids is 1. The molecule has 6 heteroatoms. The van der Waals surface area contributed by atoms with Gasteiger partial charge in [0.25, 0.3) is 5.95 Å². The van der Waals surface area contributed by atoms with Gasteiger partial charge in [0.2, 0.25) is 5.91 Å². The number of tetrazole rings is 1. The minimum Gasteiger partial charge on any atom is -0.288 e. The van der Waals surface area contributed by atoms with Crippen molar-refractivity contribution < 1.29 is 4.79 Å². The number of amides is 1. The van der Waals surface area contributed by atoms with Crippen LogP contribution in [0.3, 0.4) is 0 Å². The molecule has 0 bridgehead atoms. The van der Waals surface area contributed by atoms with Crippen LogP contribution in [0.5, 0.6) is 0 Å². The van der Waals surface area contributed by atoms with Crippen LogP contribution in [0.2, 0.25) is 0 Å². The number of hydrogen-bond donors (Lipinski definition) is 2. The normalized spacial score (nSPS) is 11.0. The van der Waals surface area contributed by atoms with Crippen LogP contribution in [0.1, 0.15) is 13.8 Å². The summed E-state index contributed by atoms with van der Waals surface area (Å²) in [5.74, 6) is 0.268. The van der Waals surface area contributed by atoms with E-state index >= 15 is 0 Å². The van der Waals surface area contributed by atoms with E-state index in [-0.39, 0.29) is 11.9 Å². The van der Waals surface area contributed by atoms with Crippen LogP contribution in [0.25, 0.3) is 0 Å². The van der Waals surface area contributed by atoms with Gasteiger partial charge in [-0.15, -0.1) is 5.10 Å². The van der Waals surface area contributed by atoms with Gasteiger partial charge in [0.05, 0.1) is 0 Å². The van der Waals surface area contributed by atoms with Gasteiger partial charge in [0.15, 0.2) is 0 Å². The molecule has 0 spiro atoms. The molecule has 0 aliphatic rings. The van der Waals surface area contributed by atoms with Crippen molar-refractivity contribution in [2.75, 3.05) is 5.32 Å². The first kappa shape index (κ1) is 9.37. The highest BCUT2D eigenvalue weighted by molar-refractivity contribution is 5.97. The highest BCUT2D eigenvalue weighted by Crippen LogP contribution is 1.95. The SMILES string of the molecule is CC(C)/C=C/C(=O)Nc1nn[nH]n1. The van der Waals surface area contributed by atoms with Gasteiger partial charge >= 0.3 is 0 Å². The molecule has 1 amide bonds. The molecule has 0 unspecified atom stereocenters. The molecule has 0 saturated heterocycles. The number of nitrogens with zero attached hydrogens (tertiary/aromatic N) is 3. The van der Waals surface area contributed by atoms with Crippen molar-refractivity contribution in [2.24, 2.45) is 5.92 Å². The predicted molar refractivity (Wildman–Crippen MR) is 46.8 cm³/mol. The lowest BCUT2D eigenvalue weighted by Crippen LogP contribution is -2.09. The second kappa shape index (κ2) is 4.34. The summed E-state index contributed by atoms with van der Waals surface area (Å²) in [6.07, 6.45) is 3.23. The van der Waals surface area contributed by atoms with E-state index in [1.54, 1.807) is 6.08 Å². The van der Waals surface area contributed by atoms with E-state index in [4.69, 9.17) is 0 Å². The zero-order valence-corrected chi connectivity index (χ0v) is 7.48. The molecule has 0 radical (unpaired) electrons. The Morgan fingerprint density at radius 1 is 1.62 bits per heavy atom. The second-order valence-corrected chi connectivity index (χ2v) is 2.83. The van der Waals surface area contributed by atoms with Crippen molar-refractivity contribution in [1.29, 1.82) is 0 Å². The standard InChI is InChI=1S/C7H11N5O/c1-5(2)3-4-6(13)8-7-9-11-12-10-7/h3-5H,1-2H3,(H2,8,9,10,11,12,13)/b4-3+. The van der Waals surface area contributed by atoms with Gasteiger partial charge in [-0.3, -0.25) is 10.1 Å². The number of allylic oxidation sites excluding steroid dienone is 1. The van der Waals surface area contributed by atoms with Crippen LogP contribution in [-0.4, -0.2) is 26.5 Å². The molecule has 13 heavy (non-hydrogen) atoms. The van der Waals surface area contributed by atoms with Crippen LogP contribution in [0.4, 0.5) is 5.95 Å². The number of rotatable bonds is 3. The van der Waals surface area contributed by atoms with Crippen LogP contribution in [0, 0.1) is 5.92 Å². The third-order valence-corrected chi connectivity index (χ3v) is 1.21. The quantitative estimate of drug-likeness (QED) is 0.659. The molecule has 1 aromatic heterocycles. The van der Waals surface area contributed by atoms with Gasteiger partial charge in [-0.1, -0.05) is 25.0 Å². The van der Waals surface area contributed by atoms with E-state index in [9.17, 15) is 4.79 Å². The fourth-order valence-electron chi connectivity index (χ4n) is 0.646. The Hall–Kier alpha value is -1.72. The average Bonchev–Trinajstić information content (AvgIpc) is 2.53. The maximum Gasteiger partial charge on any atom is 0.270 e. The third kappa shape index (κ3) is 3.46. The largest absolute Gasteiger partial charge is 0.288 e. The Balaban J connectivity index is 2.43. The summed E-state index contributed by atoms with van der Waals surface area (Å²) in [5, 5.41) is 15.1. The summed E-state index contributed by atoms with van der Waals surface area (Å²) in [6.45, 7) is 3.97. The summed E-state index contributed by atoms with van der Waals surface area (Å²) in [6, 6.07) is 0. The Kier molecular flexibility index (Phi) is 3.13. The molecule has 0 aliphatic carbocycles. The fourth-order valence-corrected chi connectivity index (χ4v) is 0.646. The minimum atomic E-state index is -0.255. The van der Waals surface area contributed by atoms with Crippen molar-refractivity contribution in [3.63, 3.8) is 0 Å². The van der Waals surface area contributed by atoms with Crippen LogP contribution in [-0.2, 0) is 4.79 Å². The summed E-state index contributed by atoms with van der Waals surface area (Å²) < 4.78 is 0. The molecular weight excluding hydrogens is 170 g/mol. The lowest BCUT2D eigenvalue weighted by atomic mass is 10.2. The molecular formula is C7H11N5O. The molecule has 1 rings (SSSR count). The van der Waals surface area contributed by atoms with Crippen LogP contribution >= 0.6 is 0 Å². The lowest BCUT2D eigenvalue weighted by molar-refractivity contribution is -0.112. The monoisotopic (exact) mass is 181 g/mol. The number of hydrogen-bond acceptors (Lipinski definition) is 4. The smallest absolute Gasteiger partial charge is 0.270 e. The Morgan fingerprint density at radius 3 is 2.92 bits per heavy atom. The zero-order valence-electron chi connectivity index (χ0n) is 7.48. The number of nitrogens with one attached hydrogen (secondary N) is 2. The maximum atomic E-state index is 11.1. The van der Waals surface area contributed by atoms with Gasteiger partial charge in [-0.25, -0.2) is 0 Å². The topological polar surface area (TPSA) is 83.6 Å². The highest BCUT2D eigenvalue weighted by Gasteiger charge is 2.00. The molecule has 70 valence electrons. The Labute approximate surface area is 75.4 Å². The molecule has 1 heterocycles. The minimum absolute atomic E-state index is 0.179.